The SMILES string of the molecule is CC(C)O[C@H]1CC[C@@H](C2CN([C@H]3CCCC[C@@H]3Oc3ccc4c(c3)CN(C3CCC(=O)NC3=O)C4=O)C2)CC1. The van der Waals surface area contributed by atoms with Crippen molar-refractivity contribution in [1.29, 1.82) is 0 Å². The Balaban J connectivity index is 1.04. The van der Waals surface area contributed by atoms with Crippen LogP contribution < -0.4 is 10.1 Å². The first-order valence-electron chi connectivity index (χ1n) is 15.2. The molecule has 212 valence electrons. The van der Waals surface area contributed by atoms with Gasteiger partial charge in [0.15, 0.2) is 0 Å². The summed E-state index contributed by atoms with van der Waals surface area (Å²) in [5.74, 6) is 1.66. The summed E-state index contributed by atoms with van der Waals surface area (Å²) in [6.45, 7) is 7.02. The van der Waals surface area contributed by atoms with Crippen LogP contribution in [-0.2, 0) is 20.9 Å². The van der Waals surface area contributed by atoms with E-state index in [2.05, 4.69) is 24.1 Å². The number of fused-ring (bicyclic) bond motifs is 1. The third-order valence-electron chi connectivity index (χ3n) is 9.71. The highest BCUT2D eigenvalue weighted by Gasteiger charge is 2.43. The first-order valence-corrected chi connectivity index (χ1v) is 15.2. The van der Waals surface area contributed by atoms with Crippen LogP contribution in [0.3, 0.4) is 0 Å². The summed E-state index contributed by atoms with van der Waals surface area (Å²) < 4.78 is 12.7. The van der Waals surface area contributed by atoms with E-state index < -0.39 is 6.04 Å². The molecule has 1 aromatic rings. The fourth-order valence-corrected chi connectivity index (χ4v) is 7.63. The molecule has 3 aliphatic heterocycles. The lowest BCUT2D eigenvalue weighted by Crippen LogP contribution is -2.59. The van der Waals surface area contributed by atoms with Crippen LogP contribution in [0.25, 0.3) is 0 Å². The summed E-state index contributed by atoms with van der Waals surface area (Å²) in [6, 6.07) is 5.60. The minimum atomic E-state index is -0.591. The predicted octanol–water partition coefficient (Wildman–Crippen LogP) is 4.05. The van der Waals surface area contributed by atoms with Crippen LogP contribution in [-0.4, -0.2) is 71.0 Å². The van der Waals surface area contributed by atoms with Crippen LogP contribution in [0.1, 0.15) is 94.0 Å². The van der Waals surface area contributed by atoms with Crippen molar-refractivity contribution in [2.24, 2.45) is 11.8 Å². The molecule has 1 N–H and O–H groups in total. The van der Waals surface area contributed by atoms with Crippen molar-refractivity contribution < 1.29 is 23.9 Å². The number of hydrogen-bond donors (Lipinski definition) is 1. The second kappa shape index (κ2) is 11.2. The molecule has 2 saturated carbocycles. The van der Waals surface area contributed by atoms with Crippen molar-refractivity contribution in [2.45, 2.75) is 115 Å². The lowest BCUT2D eigenvalue weighted by Gasteiger charge is -2.51. The van der Waals surface area contributed by atoms with Crippen molar-refractivity contribution in [2.75, 3.05) is 13.1 Å². The van der Waals surface area contributed by atoms with Gasteiger partial charge in [0.25, 0.3) is 5.91 Å². The molecule has 6 rings (SSSR count). The Morgan fingerprint density at radius 1 is 0.923 bits per heavy atom. The zero-order valence-corrected chi connectivity index (χ0v) is 23.4. The Morgan fingerprint density at radius 3 is 2.44 bits per heavy atom. The zero-order valence-electron chi connectivity index (χ0n) is 23.4. The molecule has 0 bridgehead atoms. The number of piperidine rings is 1. The standard InChI is InChI=1S/C31H43N3O5/c1-19(2)38-23-9-7-20(8-10-23)22-16-33(17-22)26-5-3-4-6-28(26)39-24-11-12-25-21(15-24)18-34(31(25)37)27-13-14-29(35)32-30(27)36/h11-12,15,19-20,22-23,26-28H,3-10,13-14,16-18H2,1-2H3,(H,32,35,36)/t20-,23+,26-,27?,28-/m0/s1. The highest BCUT2D eigenvalue weighted by Crippen LogP contribution is 2.40. The molecule has 1 aromatic carbocycles. The summed E-state index contributed by atoms with van der Waals surface area (Å²) in [7, 11) is 0. The third-order valence-corrected chi connectivity index (χ3v) is 9.71. The van der Waals surface area contributed by atoms with Crippen molar-refractivity contribution >= 4 is 17.7 Å². The number of hydrogen-bond acceptors (Lipinski definition) is 6. The van der Waals surface area contributed by atoms with Crippen LogP contribution in [0.4, 0.5) is 0 Å². The molecule has 8 heteroatoms. The van der Waals surface area contributed by atoms with Gasteiger partial charge in [-0.05, 0) is 101 Å². The minimum absolute atomic E-state index is 0.141. The van der Waals surface area contributed by atoms with Crippen molar-refractivity contribution in [1.82, 2.24) is 15.1 Å². The maximum Gasteiger partial charge on any atom is 0.255 e. The number of amides is 3. The summed E-state index contributed by atoms with van der Waals surface area (Å²) in [4.78, 5) is 41.2. The largest absolute Gasteiger partial charge is 0.489 e. The predicted molar refractivity (Wildman–Crippen MR) is 146 cm³/mol. The number of imide groups is 1. The number of nitrogens with zero attached hydrogens (tertiary/aromatic N) is 2. The van der Waals surface area contributed by atoms with Gasteiger partial charge in [-0.1, -0.05) is 6.42 Å². The molecule has 8 nitrogen and oxygen atoms in total. The number of ether oxygens (including phenoxy) is 2. The molecule has 0 spiro atoms. The van der Waals surface area contributed by atoms with E-state index in [1.807, 2.05) is 18.2 Å². The van der Waals surface area contributed by atoms with E-state index in [-0.39, 0.29) is 30.2 Å². The summed E-state index contributed by atoms with van der Waals surface area (Å²) in [6.07, 6.45) is 11.3. The smallest absolute Gasteiger partial charge is 0.255 e. The molecule has 3 amide bonds. The number of nitrogens with one attached hydrogen (secondary N) is 1. The Labute approximate surface area is 231 Å². The maximum atomic E-state index is 13.0. The zero-order chi connectivity index (χ0) is 27.1. The van der Waals surface area contributed by atoms with Gasteiger partial charge in [-0.2, -0.15) is 0 Å². The van der Waals surface area contributed by atoms with E-state index in [0.29, 0.717) is 36.8 Å². The molecule has 2 saturated heterocycles. The van der Waals surface area contributed by atoms with Gasteiger partial charge >= 0.3 is 0 Å². The van der Waals surface area contributed by atoms with Gasteiger partial charge in [-0.25, -0.2) is 0 Å². The average molecular weight is 538 g/mol. The van der Waals surface area contributed by atoms with Crippen LogP contribution in [0, 0.1) is 11.8 Å². The molecule has 2 aliphatic carbocycles. The highest BCUT2D eigenvalue weighted by atomic mass is 16.5. The van der Waals surface area contributed by atoms with Crippen LogP contribution >= 0.6 is 0 Å². The molecule has 3 heterocycles. The third kappa shape index (κ3) is 5.60. The number of benzene rings is 1. The number of carbonyl (C=O) groups excluding carboxylic acids is 3. The van der Waals surface area contributed by atoms with Gasteiger partial charge in [-0.3, -0.25) is 24.6 Å². The Bertz CT molecular complexity index is 1090. The number of carbonyl (C=O) groups is 3. The Morgan fingerprint density at radius 2 is 1.69 bits per heavy atom. The van der Waals surface area contributed by atoms with Gasteiger partial charge in [-0.15, -0.1) is 0 Å². The van der Waals surface area contributed by atoms with Crippen molar-refractivity contribution in [3.8, 4) is 5.75 Å². The van der Waals surface area contributed by atoms with E-state index in [4.69, 9.17) is 9.47 Å². The molecule has 0 radical (unpaired) electrons. The lowest BCUT2D eigenvalue weighted by molar-refractivity contribution is -0.136. The molecular weight excluding hydrogens is 494 g/mol. The van der Waals surface area contributed by atoms with E-state index in [1.165, 1.54) is 58.0 Å². The molecule has 39 heavy (non-hydrogen) atoms. The first kappa shape index (κ1) is 26.8. The normalized spacial score (nSPS) is 32.2. The highest BCUT2D eigenvalue weighted by molar-refractivity contribution is 6.05. The minimum Gasteiger partial charge on any atom is -0.489 e. The molecule has 3 atom stereocenters. The maximum absolute atomic E-state index is 13.0. The van der Waals surface area contributed by atoms with Gasteiger partial charge in [0, 0.05) is 37.7 Å². The summed E-state index contributed by atoms with van der Waals surface area (Å²) >= 11 is 0. The first-order chi connectivity index (χ1) is 18.9. The Kier molecular flexibility index (Phi) is 7.68. The Hall–Kier alpha value is -2.45. The van der Waals surface area contributed by atoms with Crippen LogP contribution in [0.15, 0.2) is 18.2 Å². The molecule has 0 aromatic heterocycles. The second-order valence-corrected chi connectivity index (χ2v) is 12.7. The fourth-order valence-electron chi connectivity index (χ4n) is 7.63. The number of rotatable bonds is 7. The van der Waals surface area contributed by atoms with Crippen LogP contribution in [0.2, 0.25) is 0 Å². The quantitative estimate of drug-likeness (QED) is 0.528. The number of likely N-dealkylation sites (tertiary alicyclic amines) is 1. The van der Waals surface area contributed by atoms with Crippen molar-refractivity contribution in [3.63, 3.8) is 0 Å². The molecule has 4 fully saturated rings. The van der Waals surface area contributed by atoms with E-state index in [0.717, 1.165) is 29.6 Å². The van der Waals surface area contributed by atoms with Crippen LogP contribution in [0.5, 0.6) is 5.75 Å². The fraction of sp³-hybridized carbons (Fsp3) is 0.710. The second-order valence-electron chi connectivity index (χ2n) is 12.7. The average Bonchev–Trinajstić information content (AvgIpc) is 3.20. The van der Waals surface area contributed by atoms with E-state index in [9.17, 15) is 14.4 Å². The van der Waals surface area contributed by atoms with Gasteiger partial charge in [0.2, 0.25) is 11.8 Å². The van der Waals surface area contributed by atoms with Gasteiger partial charge < -0.3 is 14.4 Å². The van der Waals surface area contributed by atoms with E-state index >= 15 is 0 Å². The molecule has 5 aliphatic rings. The lowest BCUT2D eigenvalue weighted by atomic mass is 9.74. The monoisotopic (exact) mass is 537 g/mol. The molecule has 1 unspecified atom stereocenters. The van der Waals surface area contributed by atoms with Gasteiger partial charge in [0.05, 0.1) is 12.2 Å². The van der Waals surface area contributed by atoms with E-state index in [1.54, 1.807) is 4.90 Å². The van der Waals surface area contributed by atoms with Crippen molar-refractivity contribution in [3.05, 3.63) is 29.3 Å². The summed E-state index contributed by atoms with van der Waals surface area (Å²) in [5, 5.41) is 2.37. The topological polar surface area (TPSA) is 88.2 Å². The van der Waals surface area contributed by atoms with Gasteiger partial charge in [0.1, 0.15) is 17.9 Å². The molecular formula is C31H43N3O5. The summed E-state index contributed by atoms with van der Waals surface area (Å²) in [5.41, 5.74) is 1.53.